The highest BCUT2D eigenvalue weighted by atomic mass is 32.2. The van der Waals surface area contributed by atoms with Gasteiger partial charge >= 0.3 is 0 Å². The van der Waals surface area contributed by atoms with E-state index in [4.69, 9.17) is 5.26 Å². The van der Waals surface area contributed by atoms with E-state index < -0.39 is 0 Å². The molecule has 1 aromatic rings. The normalized spacial score (nSPS) is 10.1. The van der Waals surface area contributed by atoms with E-state index in [-0.39, 0.29) is 0 Å². The van der Waals surface area contributed by atoms with Gasteiger partial charge in [-0.2, -0.15) is 5.26 Å². The predicted molar refractivity (Wildman–Crippen MR) is 56.6 cm³/mol. The number of benzene rings is 1. The summed E-state index contributed by atoms with van der Waals surface area (Å²) in [6.45, 7) is 4.10. The molecule has 67 valence electrons. The molecule has 0 amide bonds. The fourth-order valence-corrected chi connectivity index (χ4v) is 1.63. The van der Waals surface area contributed by atoms with Crippen LogP contribution in [0.5, 0.6) is 0 Å². The van der Waals surface area contributed by atoms with E-state index in [9.17, 15) is 0 Å². The minimum absolute atomic E-state index is 0.770. The van der Waals surface area contributed by atoms with Gasteiger partial charge < -0.3 is 0 Å². The van der Waals surface area contributed by atoms with Crippen LogP contribution in [0.25, 0.3) is 0 Å². The lowest BCUT2D eigenvalue weighted by Crippen LogP contribution is -1.90. The minimum Gasteiger partial charge on any atom is -0.192 e. The summed E-state index contributed by atoms with van der Waals surface area (Å²) in [5, 5.41) is 8.88. The lowest BCUT2D eigenvalue weighted by molar-refractivity contribution is 1.13. The first kappa shape index (κ1) is 10.1. The lowest BCUT2D eigenvalue weighted by atomic mass is 10.0. The molecule has 13 heavy (non-hydrogen) atoms. The third kappa shape index (κ3) is 2.26. The molecule has 1 nitrogen and oxygen atoms in total. The largest absolute Gasteiger partial charge is 0.192 e. The number of hydrogen-bond acceptors (Lipinski definition) is 2. The van der Waals surface area contributed by atoms with Crippen LogP contribution in [0.2, 0.25) is 0 Å². The van der Waals surface area contributed by atoms with Gasteiger partial charge in [0.05, 0.1) is 5.56 Å². The van der Waals surface area contributed by atoms with Crippen LogP contribution in [-0.4, -0.2) is 6.26 Å². The highest BCUT2D eigenvalue weighted by Crippen LogP contribution is 2.23. The Hall–Kier alpha value is -0.940. The molecule has 0 N–H and O–H groups in total. The SMILES string of the molecule is CSc1ccc([C](C)C)cc1C#N. The molecule has 0 bridgehead atoms. The summed E-state index contributed by atoms with van der Waals surface area (Å²) in [6.07, 6.45) is 1.98. The average molecular weight is 190 g/mol. The molecule has 1 aromatic carbocycles. The highest BCUT2D eigenvalue weighted by Gasteiger charge is 2.04. The second-order valence-electron chi connectivity index (χ2n) is 3.03. The fourth-order valence-electron chi connectivity index (χ4n) is 1.11. The Morgan fingerprint density at radius 2 is 2.08 bits per heavy atom. The zero-order valence-electron chi connectivity index (χ0n) is 8.09. The van der Waals surface area contributed by atoms with Gasteiger partial charge in [-0.05, 0) is 29.9 Å². The Labute approximate surface area is 83.8 Å². The van der Waals surface area contributed by atoms with Gasteiger partial charge in [0.25, 0.3) is 0 Å². The van der Waals surface area contributed by atoms with Crippen molar-refractivity contribution in [2.24, 2.45) is 0 Å². The molecule has 2 heteroatoms. The maximum absolute atomic E-state index is 8.88. The number of hydrogen-bond donors (Lipinski definition) is 0. The molecular weight excluding hydrogens is 178 g/mol. The molecule has 0 aliphatic carbocycles. The molecule has 0 saturated heterocycles. The van der Waals surface area contributed by atoms with Crippen molar-refractivity contribution >= 4 is 11.8 Å². The quantitative estimate of drug-likeness (QED) is 0.668. The average Bonchev–Trinajstić information content (AvgIpc) is 2.16. The first-order valence-electron chi connectivity index (χ1n) is 4.07. The zero-order chi connectivity index (χ0) is 9.84. The summed E-state index contributed by atoms with van der Waals surface area (Å²) in [5.74, 6) is 1.24. The molecule has 0 unspecified atom stereocenters. The van der Waals surface area contributed by atoms with E-state index in [2.05, 4.69) is 26.0 Å². The summed E-state index contributed by atoms with van der Waals surface area (Å²) in [7, 11) is 0. The maximum Gasteiger partial charge on any atom is 0.100 e. The van der Waals surface area contributed by atoms with Crippen LogP contribution in [0.4, 0.5) is 0 Å². The first-order chi connectivity index (χ1) is 6.19. The van der Waals surface area contributed by atoms with Gasteiger partial charge in [-0.1, -0.05) is 19.9 Å². The van der Waals surface area contributed by atoms with E-state index in [1.807, 2.05) is 18.4 Å². The molecule has 0 aromatic heterocycles. The van der Waals surface area contributed by atoms with Crippen LogP contribution >= 0.6 is 11.8 Å². The first-order valence-corrected chi connectivity index (χ1v) is 5.30. The lowest BCUT2D eigenvalue weighted by Gasteiger charge is -2.06. The van der Waals surface area contributed by atoms with E-state index >= 15 is 0 Å². The van der Waals surface area contributed by atoms with Crippen LogP contribution in [0.15, 0.2) is 23.1 Å². The van der Waals surface area contributed by atoms with Gasteiger partial charge in [-0.25, -0.2) is 0 Å². The molecule has 0 aliphatic heterocycles. The molecule has 0 spiro atoms. The van der Waals surface area contributed by atoms with Crippen molar-refractivity contribution in [1.82, 2.24) is 0 Å². The van der Waals surface area contributed by atoms with Crippen molar-refractivity contribution in [3.8, 4) is 6.07 Å². The Morgan fingerprint density at radius 1 is 1.38 bits per heavy atom. The van der Waals surface area contributed by atoms with Gasteiger partial charge in [0.1, 0.15) is 6.07 Å². The molecule has 0 fully saturated rings. The van der Waals surface area contributed by atoms with Gasteiger partial charge in [-0.15, -0.1) is 11.8 Å². The van der Waals surface area contributed by atoms with Gasteiger partial charge in [0.2, 0.25) is 0 Å². The molecule has 0 heterocycles. The van der Waals surface area contributed by atoms with Crippen LogP contribution in [0.3, 0.4) is 0 Å². The van der Waals surface area contributed by atoms with Crippen LogP contribution < -0.4 is 0 Å². The van der Waals surface area contributed by atoms with E-state index in [0.29, 0.717) is 0 Å². The number of thioether (sulfide) groups is 1. The predicted octanol–water partition coefficient (Wildman–Crippen LogP) is 3.24. The third-order valence-corrected chi connectivity index (χ3v) is 2.69. The maximum atomic E-state index is 8.88. The third-order valence-electron chi connectivity index (χ3n) is 1.90. The van der Waals surface area contributed by atoms with Crippen molar-refractivity contribution in [3.05, 3.63) is 35.2 Å². The second-order valence-corrected chi connectivity index (χ2v) is 3.87. The summed E-state index contributed by atoms with van der Waals surface area (Å²) in [4.78, 5) is 1.05. The molecule has 0 saturated carbocycles. The number of nitrogens with zero attached hydrogens (tertiary/aromatic N) is 1. The van der Waals surface area contributed by atoms with Crippen molar-refractivity contribution < 1.29 is 0 Å². The second kappa shape index (κ2) is 4.34. The van der Waals surface area contributed by atoms with E-state index in [0.717, 1.165) is 16.0 Å². The van der Waals surface area contributed by atoms with Gasteiger partial charge in [0.15, 0.2) is 0 Å². The molecular formula is C11H12NS. The standard InChI is InChI=1S/C11H12NS/c1-8(2)9-4-5-11(13-3)10(6-9)7-12/h4-6H,1-3H3. The Balaban J connectivity index is 3.15. The Kier molecular flexibility index (Phi) is 3.39. The van der Waals surface area contributed by atoms with Crippen molar-refractivity contribution in [2.45, 2.75) is 18.7 Å². The summed E-state index contributed by atoms with van der Waals surface area (Å²) < 4.78 is 0. The smallest absolute Gasteiger partial charge is 0.100 e. The van der Waals surface area contributed by atoms with Crippen LogP contribution in [-0.2, 0) is 0 Å². The highest BCUT2D eigenvalue weighted by molar-refractivity contribution is 7.98. The van der Waals surface area contributed by atoms with Crippen LogP contribution in [0, 0.1) is 17.2 Å². The molecule has 0 atom stereocenters. The van der Waals surface area contributed by atoms with Gasteiger partial charge in [-0.3, -0.25) is 0 Å². The monoisotopic (exact) mass is 190 g/mol. The topological polar surface area (TPSA) is 23.8 Å². The van der Waals surface area contributed by atoms with Crippen molar-refractivity contribution in [1.29, 1.82) is 5.26 Å². The van der Waals surface area contributed by atoms with Crippen molar-refractivity contribution in [2.75, 3.05) is 6.26 Å². The van der Waals surface area contributed by atoms with E-state index in [1.54, 1.807) is 11.8 Å². The van der Waals surface area contributed by atoms with Crippen molar-refractivity contribution in [3.63, 3.8) is 0 Å². The summed E-state index contributed by atoms with van der Waals surface area (Å²) >= 11 is 1.61. The van der Waals surface area contributed by atoms with E-state index in [1.165, 1.54) is 5.92 Å². The Morgan fingerprint density at radius 3 is 2.54 bits per heavy atom. The zero-order valence-corrected chi connectivity index (χ0v) is 8.90. The summed E-state index contributed by atoms with van der Waals surface area (Å²) in [5.41, 5.74) is 1.92. The summed E-state index contributed by atoms with van der Waals surface area (Å²) in [6, 6.07) is 8.22. The Bertz CT molecular complexity index is 336. The number of rotatable bonds is 2. The molecule has 1 radical (unpaired) electrons. The van der Waals surface area contributed by atoms with Crippen LogP contribution in [0.1, 0.15) is 25.0 Å². The van der Waals surface area contributed by atoms with Gasteiger partial charge in [0, 0.05) is 4.90 Å². The minimum atomic E-state index is 0.770. The number of nitriles is 1. The molecule has 1 rings (SSSR count). The molecule has 0 aliphatic rings. The fraction of sp³-hybridized carbons (Fsp3) is 0.273.